The third kappa shape index (κ3) is 1.96. The van der Waals surface area contributed by atoms with Crippen LogP contribution in [0.15, 0.2) is 4.99 Å². The summed E-state index contributed by atoms with van der Waals surface area (Å²) in [6, 6.07) is 0. The molecule has 0 radical (unpaired) electrons. The third-order valence-corrected chi connectivity index (χ3v) is 3.04. The maximum atomic E-state index is 5.84. The Morgan fingerprint density at radius 1 is 1.80 bits per heavy atom. The van der Waals surface area contributed by atoms with E-state index in [1.165, 1.54) is 0 Å². The summed E-state index contributed by atoms with van der Waals surface area (Å²) in [6.45, 7) is 2.18. The van der Waals surface area contributed by atoms with E-state index in [2.05, 4.69) is 27.8 Å². The first-order valence-electron chi connectivity index (χ1n) is 3.47. The standard InChI is InChI=1S/C7H11BrClN/c1-5-4-10-7(9)2-6(5)3-8/h4-7H,2-3H2,1H3/t5-,6?,7?/m1/s1. The van der Waals surface area contributed by atoms with Crippen LogP contribution in [0.3, 0.4) is 0 Å². The summed E-state index contributed by atoms with van der Waals surface area (Å²) in [6.07, 6.45) is 2.97. The summed E-state index contributed by atoms with van der Waals surface area (Å²) in [4.78, 5) is 4.13. The lowest BCUT2D eigenvalue weighted by Gasteiger charge is -2.24. The van der Waals surface area contributed by atoms with Crippen molar-refractivity contribution < 1.29 is 0 Å². The molecule has 2 unspecified atom stereocenters. The largest absolute Gasteiger partial charge is 0.278 e. The molecule has 10 heavy (non-hydrogen) atoms. The van der Waals surface area contributed by atoms with Crippen molar-refractivity contribution in [1.29, 1.82) is 0 Å². The van der Waals surface area contributed by atoms with E-state index in [9.17, 15) is 0 Å². The first-order valence-corrected chi connectivity index (χ1v) is 5.03. The van der Waals surface area contributed by atoms with Gasteiger partial charge in [-0.2, -0.15) is 0 Å². The molecule has 1 heterocycles. The Morgan fingerprint density at radius 2 is 2.50 bits per heavy atom. The lowest BCUT2D eigenvalue weighted by Crippen LogP contribution is -2.23. The fraction of sp³-hybridized carbons (Fsp3) is 0.857. The molecule has 0 saturated heterocycles. The van der Waals surface area contributed by atoms with Gasteiger partial charge in [0.2, 0.25) is 0 Å². The Labute approximate surface area is 75.0 Å². The third-order valence-electron chi connectivity index (χ3n) is 1.92. The van der Waals surface area contributed by atoms with Gasteiger partial charge in [-0.05, 0) is 18.3 Å². The summed E-state index contributed by atoms with van der Waals surface area (Å²) in [5.41, 5.74) is 0.0127. The minimum atomic E-state index is 0.0127. The van der Waals surface area contributed by atoms with Gasteiger partial charge in [0.1, 0.15) is 5.50 Å². The van der Waals surface area contributed by atoms with E-state index in [1.807, 2.05) is 6.21 Å². The lowest BCUT2D eigenvalue weighted by atomic mass is 9.92. The minimum Gasteiger partial charge on any atom is -0.278 e. The molecule has 0 aromatic heterocycles. The molecular formula is C7H11BrClN. The van der Waals surface area contributed by atoms with Crippen molar-refractivity contribution in [3.8, 4) is 0 Å². The molecule has 1 aliphatic rings. The van der Waals surface area contributed by atoms with Gasteiger partial charge in [0.05, 0.1) is 0 Å². The van der Waals surface area contributed by atoms with Crippen molar-refractivity contribution in [3.05, 3.63) is 0 Å². The number of hydrogen-bond donors (Lipinski definition) is 0. The molecule has 1 aliphatic heterocycles. The average Bonchev–Trinajstić information content (AvgIpc) is 1.94. The van der Waals surface area contributed by atoms with Gasteiger partial charge < -0.3 is 0 Å². The SMILES string of the molecule is C[C@@H]1C=NC(Cl)CC1CBr. The van der Waals surface area contributed by atoms with Crippen LogP contribution in [0.2, 0.25) is 0 Å². The second kappa shape index (κ2) is 3.72. The topological polar surface area (TPSA) is 12.4 Å². The molecule has 1 rings (SSSR count). The van der Waals surface area contributed by atoms with Gasteiger partial charge >= 0.3 is 0 Å². The van der Waals surface area contributed by atoms with Crippen LogP contribution in [-0.4, -0.2) is 17.0 Å². The van der Waals surface area contributed by atoms with E-state index >= 15 is 0 Å². The minimum absolute atomic E-state index is 0.0127. The normalized spacial score (nSPS) is 40.1. The van der Waals surface area contributed by atoms with Crippen LogP contribution in [0.1, 0.15) is 13.3 Å². The zero-order valence-corrected chi connectivity index (χ0v) is 8.27. The van der Waals surface area contributed by atoms with Gasteiger partial charge in [-0.15, -0.1) is 0 Å². The van der Waals surface area contributed by atoms with Crippen LogP contribution in [0.25, 0.3) is 0 Å². The second-order valence-corrected chi connectivity index (χ2v) is 3.89. The van der Waals surface area contributed by atoms with Crippen LogP contribution in [0.4, 0.5) is 0 Å². The van der Waals surface area contributed by atoms with E-state index in [1.54, 1.807) is 0 Å². The number of nitrogens with zero attached hydrogens (tertiary/aromatic N) is 1. The molecule has 0 N–H and O–H groups in total. The highest BCUT2D eigenvalue weighted by atomic mass is 79.9. The van der Waals surface area contributed by atoms with Gasteiger partial charge in [0, 0.05) is 11.5 Å². The number of aliphatic imine (C=N–C) groups is 1. The van der Waals surface area contributed by atoms with Crippen LogP contribution in [-0.2, 0) is 0 Å². The van der Waals surface area contributed by atoms with E-state index in [-0.39, 0.29) is 5.50 Å². The highest BCUT2D eigenvalue weighted by molar-refractivity contribution is 9.09. The van der Waals surface area contributed by atoms with Gasteiger partial charge in [0.25, 0.3) is 0 Å². The number of hydrogen-bond acceptors (Lipinski definition) is 1. The quantitative estimate of drug-likeness (QED) is 0.480. The number of halogens is 2. The Bertz CT molecular complexity index is 138. The maximum absolute atomic E-state index is 5.84. The first-order chi connectivity index (χ1) is 4.74. The van der Waals surface area contributed by atoms with E-state index in [0.717, 1.165) is 11.8 Å². The van der Waals surface area contributed by atoms with Gasteiger partial charge in [-0.3, -0.25) is 4.99 Å². The molecule has 0 aromatic carbocycles. The van der Waals surface area contributed by atoms with E-state index in [0.29, 0.717) is 11.8 Å². The molecule has 0 fully saturated rings. The lowest BCUT2D eigenvalue weighted by molar-refractivity contribution is 0.438. The van der Waals surface area contributed by atoms with Gasteiger partial charge in [-0.1, -0.05) is 34.5 Å². The summed E-state index contributed by atoms with van der Waals surface area (Å²) in [7, 11) is 0. The van der Waals surface area contributed by atoms with Crippen molar-refractivity contribution in [2.75, 3.05) is 5.33 Å². The van der Waals surface area contributed by atoms with Crippen LogP contribution < -0.4 is 0 Å². The Balaban J connectivity index is 2.53. The predicted molar refractivity (Wildman–Crippen MR) is 49.2 cm³/mol. The van der Waals surface area contributed by atoms with Crippen molar-refractivity contribution in [2.45, 2.75) is 18.8 Å². The van der Waals surface area contributed by atoms with Crippen molar-refractivity contribution in [2.24, 2.45) is 16.8 Å². The molecule has 3 heteroatoms. The maximum Gasteiger partial charge on any atom is 0.123 e. The van der Waals surface area contributed by atoms with Crippen molar-refractivity contribution in [3.63, 3.8) is 0 Å². The van der Waals surface area contributed by atoms with Crippen molar-refractivity contribution in [1.82, 2.24) is 0 Å². The molecule has 3 atom stereocenters. The zero-order valence-electron chi connectivity index (χ0n) is 5.93. The molecule has 0 bridgehead atoms. The Morgan fingerprint density at radius 3 is 3.00 bits per heavy atom. The highest BCUT2D eigenvalue weighted by Gasteiger charge is 2.21. The molecule has 0 saturated carbocycles. The summed E-state index contributed by atoms with van der Waals surface area (Å²) >= 11 is 9.30. The second-order valence-electron chi connectivity index (χ2n) is 2.74. The molecular weight excluding hydrogens is 213 g/mol. The molecule has 0 amide bonds. The van der Waals surface area contributed by atoms with Crippen LogP contribution >= 0.6 is 27.5 Å². The summed E-state index contributed by atoms with van der Waals surface area (Å²) in [5.74, 6) is 1.24. The highest BCUT2D eigenvalue weighted by Crippen LogP contribution is 2.25. The summed E-state index contributed by atoms with van der Waals surface area (Å²) < 4.78 is 0. The predicted octanol–water partition coefficient (Wildman–Crippen LogP) is 2.67. The van der Waals surface area contributed by atoms with Crippen LogP contribution in [0.5, 0.6) is 0 Å². The fourth-order valence-electron chi connectivity index (χ4n) is 1.08. The monoisotopic (exact) mass is 223 g/mol. The molecule has 0 spiro atoms. The van der Waals surface area contributed by atoms with Crippen molar-refractivity contribution >= 4 is 33.7 Å². The van der Waals surface area contributed by atoms with E-state index < -0.39 is 0 Å². The van der Waals surface area contributed by atoms with Crippen LogP contribution in [0, 0.1) is 11.8 Å². The Kier molecular flexibility index (Phi) is 3.18. The molecule has 1 nitrogen and oxygen atoms in total. The summed E-state index contributed by atoms with van der Waals surface area (Å²) in [5, 5.41) is 1.03. The molecule has 0 aromatic rings. The number of rotatable bonds is 1. The molecule has 58 valence electrons. The fourth-order valence-corrected chi connectivity index (χ4v) is 2.23. The van der Waals surface area contributed by atoms with Gasteiger partial charge in [0.15, 0.2) is 0 Å². The number of alkyl halides is 2. The Hall–Kier alpha value is 0.440. The first kappa shape index (κ1) is 8.54. The smallest absolute Gasteiger partial charge is 0.123 e. The van der Waals surface area contributed by atoms with E-state index in [4.69, 9.17) is 11.6 Å². The average molecular weight is 225 g/mol. The van der Waals surface area contributed by atoms with Gasteiger partial charge in [-0.25, -0.2) is 0 Å². The molecule has 0 aliphatic carbocycles. The zero-order chi connectivity index (χ0) is 7.56.